The SMILES string of the molecule is C[C@H](CCC(=O)NCCCCCC(=O)[P+](N)=O)[C@H]1CC[C@H]2[C@@H]3[C@H](OC(=O)CCN)C[C@@H]4C[C@H](OC(=O)CCN)CC[C@]4(C)[C@H]3C[C@H](OC(=O)CCN)[C@]12C. The molecule has 306 valence electrons. The minimum Gasteiger partial charge on any atom is -0.462 e. The molecule has 0 bridgehead atoms. The molecule has 14 nitrogen and oxygen atoms in total. The van der Waals surface area contributed by atoms with Crippen molar-refractivity contribution in [2.75, 3.05) is 26.2 Å². The Hall–Kier alpha value is -2.51. The number of esters is 3. The van der Waals surface area contributed by atoms with E-state index in [0.717, 1.165) is 32.1 Å². The Balaban J connectivity index is 1.52. The molecule has 4 fully saturated rings. The largest absolute Gasteiger partial charge is 0.507 e. The molecule has 9 N–H and O–H groups in total. The molecule has 12 atom stereocenters. The van der Waals surface area contributed by atoms with E-state index in [4.69, 9.17) is 36.9 Å². The number of nitrogens with one attached hydrogen (secondary N) is 1. The molecule has 0 saturated heterocycles. The van der Waals surface area contributed by atoms with Crippen molar-refractivity contribution in [1.82, 2.24) is 5.32 Å². The quantitative estimate of drug-likeness (QED) is 0.0509. The maximum absolute atomic E-state index is 13.2. The molecule has 0 aromatic carbocycles. The molecule has 15 heteroatoms. The van der Waals surface area contributed by atoms with Gasteiger partial charge in [-0.1, -0.05) is 27.2 Å². The Bertz CT molecular complexity index is 1350. The zero-order valence-electron chi connectivity index (χ0n) is 32.8. The number of unbranched alkanes of at least 4 members (excludes halogenated alkanes) is 2. The highest BCUT2D eigenvalue weighted by atomic mass is 31.1. The summed E-state index contributed by atoms with van der Waals surface area (Å²) in [6.45, 7) is 7.93. The van der Waals surface area contributed by atoms with E-state index in [1.165, 1.54) is 0 Å². The number of ether oxygens (including phenoxy) is 3. The molecular weight excluding hydrogens is 713 g/mol. The van der Waals surface area contributed by atoms with Gasteiger partial charge in [0.2, 0.25) is 5.91 Å². The molecule has 1 unspecified atom stereocenters. The standard InChI is InChI=1S/C39H66N5O9P/c1-24(8-11-32(45)44-20-6-4-5-7-36(49)54(43)50)27-9-10-28-37-29(23-31(39(27,28)3)53-35(48)15-19-42)38(2)16-12-26(51-33(46)13-17-40)21-25(38)22-30(37)52-34(47)14-18-41/h24-31,37H,4-23,40-42H2,1-3H3,(H2-,43,44,45,50)/p+1/t24-,25+,26-,27-,28+,29+,30-,31+,37+,38+,39-/m1/s1. The van der Waals surface area contributed by atoms with Crippen LogP contribution in [0.25, 0.3) is 0 Å². The van der Waals surface area contributed by atoms with E-state index in [-0.39, 0.29) is 128 Å². The van der Waals surface area contributed by atoms with Crippen LogP contribution < -0.4 is 28.0 Å². The van der Waals surface area contributed by atoms with Gasteiger partial charge in [-0.25, -0.2) is 4.79 Å². The summed E-state index contributed by atoms with van der Waals surface area (Å²) in [5, 5.41) is 3.00. The van der Waals surface area contributed by atoms with Crippen molar-refractivity contribution in [2.24, 2.45) is 69.0 Å². The van der Waals surface area contributed by atoms with Gasteiger partial charge in [-0.2, -0.15) is 0 Å². The van der Waals surface area contributed by atoms with Gasteiger partial charge in [0.05, 0.1) is 25.7 Å². The lowest BCUT2D eigenvalue weighted by atomic mass is 9.43. The molecule has 54 heavy (non-hydrogen) atoms. The van der Waals surface area contributed by atoms with E-state index in [9.17, 15) is 28.5 Å². The van der Waals surface area contributed by atoms with Crippen LogP contribution in [0.2, 0.25) is 0 Å². The molecule has 0 aliphatic heterocycles. The van der Waals surface area contributed by atoms with Crippen molar-refractivity contribution in [1.29, 1.82) is 0 Å². The van der Waals surface area contributed by atoms with Crippen molar-refractivity contribution in [3.63, 3.8) is 0 Å². The van der Waals surface area contributed by atoms with Gasteiger partial charge < -0.3 is 36.7 Å². The highest BCUT2D eigenvalue weighted by Crippen LogP contribution is 2.69. The first kappa shape index (κ1) is 44.2. The lowest BCUT2D eigenvalue weighted by Gasteiger charge is -2.64. The molecule has 1 amide bonds. The lowest BCUT2D eigenvalue weighted by molar-refractivity contribution is -0.225. The summed E-state index contributed by atoms with van der Waals surface area (Å²) in [5.74, 6) is -0.185. The van der Waals surface area contributed by atoms with Crippen LogP contribution in [-0.2, 0) is 42.7 Å². The van der Waals surface area contributed by atoms with Crippen molar-refractivity contribution >= 4 is 37.3 Å². The molecule has 4 rings (SSSR count). The Morgan fingerprint density at radius 1 is 0.778 bits per heavy atom. The van der Waals surface area contributed by atoms with Gasteiger partial charge in [-0.3, -0.25) is 19.2 Å². The summed E-state index contributed by atoms with van der Waals surface area (Å²) >= 11 is 0. The minimum absolute atomic E-state index is 0.0280. The first-order valence-electron chi connectivity index (χ1n) is 20.4. The smallest absolute Gasteiger partial charge is 0.462 e. The van der Waals surface area contributed by atoms with Gasteiger partial charge >= 0.3 is 31.4 Å². The second kappa shape index (κ2) is 20.1. The number of hydrogen-bond acceptors (Lipinski definition) is 12. The fourth-order valence-electron chi connectivity index (χ4n) is 11.1. The Kier molecular flexibility index (Phi) is 16.4. The number of carbonyl (C=O) groups excluding carboxylic acids is 5. The molecule has 0 radical (unpaired) electrons. The summed E-state index contributed by atoms with van der Waals surface area (Å²) in [6, 6.07) is 0. The first-order valence-corrected chi connectivity index (χ1v) is 21.7. The maximum atomic E-state index is 13.2. The number of carbonyl (C=O) groups is 5. The van der Waals surface area contributed by atoms with E-state index in [2.05, 4.69) is 26.1 Å². The van der Waals surface area contributed by atoms with Crippen LogP contribution in [0, 0.1) is 46.3 Å². The molecule has 0 heterocycles. The minimum atomic E-state index is -2.28. The van der Waals surface area contributed by atoms with Crippen LogP contribution in [0.1, 0.15) is 124 Å². The normalized spacial score (nSPS) is 33.6. The van der Waals surface area contributed by atoms with E-state index in [0.29, 0.717) is 51.5 Å². The van der Waals surface area contributed by atoms with Gasteiger partial charge in [0.1, 0.15) is 18.3 Å². The van der Waals surface area contributed by atoms with Gasteiger partial charge in [0, 0.05) is 43.9 Å². The third-order valence-electron chi connectivity index (χ3n) is 13.8. The predicted molar refractivity (Wildman–Crippen MR) is 203 cm³/mol. The van der Waals surface area contributed by atoms with Gasteiger partial charge in [-0.15, -0.1) is 5.50 Å². The van der Waals surface area contributed by atoms with Crippen molar-refractivity contribution in [2.45, 2.75) is 142 Å². The number of nitrogens with two attached hydrogens (primary N) is 4. The van der Waals surface area contributed by atoms with Gasteiger partial charge in [0.25, 0.3) is 0 Å². The average Bonchev–Trinajstić information content (AvgIpc) is 3.47. The molecule has 4 saturated carbocycles. The van der Waals surface area contributed by atoms with Crippen LogP contribution in [0.3, 0.4) is 0 Å². The number of rotatable bonds is 20. The summed E-state index contributed by atoms with van der Waals surface area (Å²) in [7, 11) is -2.28. The van der Waals surface area contributed by atoms with Crippen molar-refractivity contribution < 1.29 is 42.7 Å². The maximum Gasteiger partial charge on any atom is 0.507 e. The lowest BCUT2D eigenvalue weighted by Crippen LogP contribution is -2.63. The highest BCUT2D eigenvalue weighted by Gasteiger charge is 2.67. The van der Waals surface area contributed by atoms with E-state index in [1.807, 2.05) is 0 Å². The van der Waals surface area contributed by atoms with Crippen LogP contribution in [0.4, 0.5) is 0 Å². The second-order valence-electron chi connectivity index (χ2n) is 16.9. The fourth-order valence-corrected chi connectivity index (χ4v) is 11.5. The Morgan fingerprint density at radius 3 is 2.07 bits per heavy atom. The van der Waals surface area contributed by atoms with Crippen LogP contribution in [-0.4, -0.2) is 73.8 Å². The molecule has 4 aliphatic rings. The molecule has 0 aromatic heterocycles. The Labute approximate surface area is 321 Å². The monoisotopic (exact) mass is 780 g/mol. The van der Waals surface area contributed by atoms with E-state index >= 15 is 0 Å². The second-order valence-corrected chi connectivity index (χ2v) is 18.1. The summed E-state index contributed by atoms with van der Waals surface area (Å²) in [4.78, 5) is 63.2. The molecular formula is C39H67N5O9P+. The fraction of sp³-hybridized carbons (Fsp3) is 0.872. The van der Waals surface area contributed by atoms with Gasteiger partial charge in [-0.05, 0) is 104 Å². The summed E-state index contributed by atoms with van der Waals surface area (Å²) in [5.41, 5.74) is 21.4. The zero-order chi connectivity index (χ0) is 39.6. The number of amides is 1. The average molecular weight is 781 g/mol. The predicted octanol–water partition coefficient (Wildman–Crippen LogP) is 3.97. The van der Waals surface area contributed by atoms with Gasteiger partial charge in [0.15, 0.2) is 0 Å². The van der Waals surface area contributed by atoms with E-state index in [1.54, 1.807) is 0 Å². The van der Waals surface area contributed by atoms with Crippen molar-refractivity contribution in [3.8, 4) is 0 Å². The molecule has 4 aliphatic carbocycles. The summed E-state index contributed by atoms with van der Waals surface area (Å²) < 4.78 is 29.7. The van der Waals surface area contributed by atoms with Crippen LogP contribution in [0.15, 0.2) is 0 Å². The number of hydrogen-bond donors (Lipinski definition) is 5. The third-order valence-corrected chi connectivity index (χ3v) is 14.5. The van der Waals surface area contributed by atoms with Crippen molar-refractivity contribution in [3.05, 3.63) is 0 Å². The van der Waals surface area contributed by atoms with E-state index < -0.39 is 18.9 Å². The van der Waals surface area contributed by atoms with Crippen LogP contribution in [0.5, 0.6) is 0 Å². The third kappa shape index (κ3) is 10.5. The Morgan fingerprint density at radius 2 is 1.43 bits per heavy atom. The van der Waals surface area contributed by atoms with Crippen LogP contribution >= 0.6 is 7.95 Å². The first-order chi connectivity index (χ1) is 25.7. The topological polar surface area (TPSA) is 246 Å². The number of fused-ring (bicyclic) bond motifs is 5. The zero-order valence-corrected chi connectivity index (χ0v) is 33.7. The summed E-state index contributed by atoms with van der Waals surface area (Å²) in [6.07, 6.45) is 8.15. The highest BCUT2D eigenvalue weighted by molar-refractivity contribution is 7.61. The molecule has 0 spiro atoms. The molecule has 0 aromatic rings.